The van der Waals surface area contributed by atoms with Gasteiger partial charge in [0.25, 0.3) is 5.91 Å². The number of carbonyl (C=O) groups is 2. The summed E-state index contributed by atoms with van der Waals surface area (Å²) in [6.45, 7) is 0. The Morgan fingerprint density at radius 2 is 1.69 bits per heavy atom. The van der Waals surface area contributed by atoms with E-state index >= 15 is 0 Å². The molecule has 0 spiro atoms. The average Bonchev–Trinajstić information content (AvgIpc) is 2.89. The van der Waals surface area contributed by atoms with Crippen LogP contribution >= 0.6 is 15.9 Å². The van der Waals surface area contributed by atoms with Crippen LogP contribution in [0.3, 0.4) is 0 Å². The Kier molecular flexibility index (Phi) is 6.33. The molecule has 0 unspecified atom stereocenters. The molecular weight excluding hydrogens is 506 g/mol. The van der Waals surface area contributed by atoms with Crippen LogP contribution in [-0.2, 0) is 4.79 Å². The van der Waals surface area contributed by atoms with Crippen LogP contribution in [0, 0.1) is 0 Å². The third kappa shape index (κ3) is 4.42. The van der Waals surface area contributed by atoms with Crippen LogP contribution in [0.1, 0.15) is 33.4 Å². The van der Waals surface area contributed by atoms with E-state index in [-0.39, 0.29) is 11.8 Å². The second-order valence-corrected chi connectivity index (χ2v) is 9.06. The molecule has 2 amide bonds. The number of fused-ring (bicyclic) bond motifs is 1. The van der Waals surface area contributed by atoms with Crippen LogP contribution in [0.2, 0.25) is 0 Å². The lowest BCUT2D eigenvalue weighted by Crippen LogP contribution is -2.46. The number of halogens is 1. The van der Waals surface area contributed by atoms with Crippen molar-refractivity contribution in [3.63, 3.8) is 0 Å². The van der Waals surface area contributed by atoms with E-state index in [1.54, 1.807) is 36.4 Å². The molecule has 0 radical (unpaired) electrons. The number of anilines is 2. The number of rotatable bonds is 5. The number of hydrogen-bond acceptors (Lipinski definition) is 4. The fourth-order valence-corrected chi connectivity index (χ4v) is 4.84. The van der Waals surface area contributed by atoms with Crippen molar-refractivity contribution in [2.45, 2.75) is 12.0 Å². The Morgan fingerprint density at radius 1 is 0.971 bits per heavy atom. The standard InChI is InChI=1S/C28H22BrN3O3/c1-35-21-13-11-18(12-14-21)26-25(27(33)31-24-17-19(29)15-16-30-24)22-9-5-6-10-23(22)28(34)32(26)20-7-3-2-4-8-20/h2-17,25-26H,1H3,(H,30,31,33)/t25-,26+/m1/s1. The zero-order valence-corrected chi connectivity index (χ0v) is 20.5. The summed E-state index contributed by atoms with van der Waals surface area (Å²) in [5.41, 5.74) is 2.72. The molecule has 0 fully saturated rings. The number of amides is 2. The maximum absolute atomic E-state index is 13.9. The van der Waals surface area contributed by atoms with Crippen LogP contribution in [0.5, 0.6) is 5.75 Å². The molecule has 0 saturated heterocycles. The molecule has 35 heavy (non-hydrogen) atoms. The van der Waals surface area contributed by atoms with Gasteiger partial charge in [0.1, 0.15) is 11.6 Å². The largest absolute Gasteiger partial charge is 0.497 e. The number of benzene rings is 3. The fraction of sp³-hybridized carbons (Fsp3) is 0.107. The molecule has 2 atom stereocenters. The Bertz CT molecular complexity index is 1380. The topological polar surface area (TPSA) is 71.5 Å². The van der Waals surface area contributed by atoms with E-state index in [1.807, 2.05) is 72.8 Å². The first-order chi connectivity index (χ1) is 17.1. The molecule has 6 nitrogen and oxygen atoms in total. The lowest BCUT2D eigenvalue weighted by atomic mass is 9.78. The monoisotopic (exact) mass is 527 g/mol. The van der Waals surface area contributed by atoms with Crippen molar-refractivity contribution < 1.29 is 14.3 Å². The lowest BCUT2D eigenvalue weighted by molar-refractivity contribution is -0.118. The van der Waals surface area contributed by atoms with Gasteiger partial charge in [0.05, 0.1) is 19.1 Å². The van der Waals surface area contributed by atoms with Crippen molar-refractivity contribution >= 4 is 39.2 Å². The molecule has 0 aliphatic carbocycles. The summed E-state index contributed by atoms with van der Waals surface area (Å²) in [4.78, 5) is 33.7. The highest BCUT2D eigenvalue weighted by atomic mass is 79.9. The summed E-state index contributed by atoms with van der Waals surface area (Å²) in [7, 11) is 1.60. The zero-order valence-electron chi connectivity index (χ0n) is 18.9. The van der Waals surface area contributed by atoms with Gasteiger partial charge >= 0.3 is 0 Å². The highest BCUT2D eigenvalue weighted by Crippen LogP contribution is 2.45. The van der Waals surface area contributed by atoms with E-state index < -0.39 is 12.0 Å². The lowest BCUT2D eigenvalue weighted by Gasteiger charge is -2.41. The van der Waals surface area contributed by atoms with E-state index in [1.165, 1.54) is 0 Å². The minimum atomic E-state index is -0.682. The van der Waals surface area contributed by atoms with Gasteiger partial charge in [0, 0.05) is 21.9 Å². The van der Waals surface area contributed by atoms with Crippen molar-refractivity contribution in [3.05, 3.63) is 118 Å². The molecule has 5 rings (SSSR count). The first-order valence-corrected chi connectivity index (χ1v) is 11.9. The Labute approximate surface area is 211 Å². The number of carbonyl (C=O) groups excluding carboxylic acids is 2. The molecule has 2 heterocycles. The molecular formula is C28H22BrN3O3. The highest BCUT2D eigenvalue weighted by Gasteiger charge is 2.45. The van der Waals surface area contributed by atoms with Crippen LogP contribution in [0.4, 0.5) is 11.5 Å². The van der Waals surface area contributed by atoms with Crippen LogP contribution in [0.15, 0.2) is 102 Å². The van der Waals surface area contributed by atoms with E-state index in [0.717, 1.165) is 10.0 Å². The predicted molar refractivity (Wildman–Crippen MR) is 139 cm³/mol. The first kappa shape index (κ1) is 22.8. The molecule has 0 bridgehead atoms. The van der Waals surface area contributed by atoms with Crippen molar-refractivity contribution in [1.29, 1.82) is 0 Å². The van der Waals surface area contributed by atoms with E-state index in [4.69, 9.17) is 4.74 Å². The molecule has 1 N–H and O–H groups in total. The second-order valence-electron chi connectivity index (χ2n) is 8.14. The SMILES string of the molecule is COc1ccc([C@H]2[C@H](C(=O)Nc3cc(Br)ccn3)c3ccccc3C(=O)N2c2ccccc2)cc1. The molecule has 3 aromatic carbocycles. The van der Waals surface area contributed by atoms with Gasteiger partial charge in [-0.2, -0.15) is 0 Å². The van der Waals surface area contributed by atoms with Crippen molar-refractivity contribution in [2.24, 2.45) is 0 Å². The van der Waals surface area contributed by atoms with Gasteiger partial charge in [-0.15, -0.1) is 0 Å². The van der Waals surface area contributed by atoms with Crippen molar-refractivity contribution in [2.75, 3.05) is 17.3 Å². The molecule has 7 heteroatoms. The van der Waals surface area contributed by atoms with Gasteiger partial charge in [0.2, 0.25) is 5.91 Å². The van der Waals surface area contributed by atoms with Gasteiger partial charge in [-0.3, -0.25) is 14.5 Å². The number of hydrogen-bond donors (Lipinski definition) is 1. The number of aromatic nitrogens is 1. The number of para-hydroxylation sites is 1. The summed E-state index contributed by atoms with van der Waals surface area (Å²) in [5, 5.41) is 2.96. The maximum atomic E-state index is 13.9. The zero-order chi connectivity index (χ0) is 24.4. The first-order valence-electron chi connectivity index (χ1n) is 11.1. The number of nitrogens with zero attached hydrogens (tertiary/aromatic N) is 2. The average molecular weight is 528 g/mol. The minimum Gasteiger partial charge on any atom is -0.497 e. The summed E-state index contributed by atoms with van der Waals surface area (Å²) in [6.07, 6.45) is 1.62. The summed E-state index contributed by atoms with van der Waals surface area (Å²) in [5.74, 6) is 0.0354. The predicted octanol–water partition coefficient (Wildman–Crippen LogP) is 5.98. The summed E-state index contributed by atoms with van der Waals surface area (Å²) < 4.78 is 6.14. The Morgan fingerprint density at radius 3 is 2.40 bits per heavy atom. The van der Waals surface area contributed by atoms with E-state index in [2.05, 4.69) is 26.2 Å². The van der Waals surface area contributed by atoms with Gasteiger partial charge in [-0.1, -0.05) is 64.5 Å². The molecule has 1 aliphatic heterocycles. The van der Waals surface area contributed by atoms with Crippen LogP contribution in [0.25, 0.3) is 0 Å². The minimum absolute atomic E-state index is 0.155. The smallest absolute Gasteiger partial charge is 0.259 e. The maximum Gasteiger partial charge on any atom is 0.259 e. The van der Waals surface area contributed by atoms with Crippen molar-refractivity contribution in [3.8, 4) is 5.75 Å². The second kappa shape index (κ2) is 9.72. The van der Waals surface area contributed by atoms with Crippen LogP contribution < -0.4 is 15.0 Å². The number of nitrogens with one attached hydrogen (secondary N) is 1. The number of methoxy groups -OCH3 is 1. The van der Waals surface area contributed by atoms with Gasteiger partial charge < -0.3 is 10.1 Å². The molecule has 1 aliphatic rings. The number of ether oxygens (including phenoxy) is 1. The van der Waals surface area contributed by atoms with E-state index in [9.17, 15) is 9.59 Å². The van der Waals surface area contributed by atoms with Crippen LogP contribution in [-0.4, -0.2) is 23.9 Å². The fourth-order valence-electron chi connectivity index (χ4n) is 4.51. The number of pyridine rings is 1. The quantitative estimate of drug-likeness (QED) is 0.346. The van der Waals surface area contributed by atoms with E-state index in [0.29, 0.717) is 28.4 Å². The summed E-state index contributed by atoms with van der Waals surface area (Å²) in [6, 6.07) is 27.2. The summed E-state index contributed by atoms with van der Waals surface area (Å²) >= 11 is 3.43. The molecule has 174 valence electrons. The molecule has 0 saturated carbocycles. The van der Waals surface area contributed by atoms with Gasteiger partial charge in [-0.05, 0) is 53.6 Å². The van der Waals surface area contributed by atoms with Gasteiger partial charge in [0.15, 0.2) is 0 Å². The molecule has 1 aromatic heterocycles. The third-order valence-electron chi connectivity index (χ3n) is 6.09. The Balaban J connectivity index is 1.68. The van der Waals surface area contributed by atoms with Gasteiger partial charge in [-0.25, -0.2) is 4.98 Å². The Hall–Kier alpha value is -3.97. The molecule has 4 aromatic rings. The normalized spacial score (nSPS) is 17.0. The van der Waals surface area contributed by atoms with Crippen molar-refractivity contribution in [1.82, 2.24) is 4.98 Å². The third-order valence-corrected chi connectivity index (χ3v) is 6.58. The highest BCUT2D eigenvalue weighted by molar-refractivity contribution is 9.10.